The van der Waals surface area contributed by atoms with E-state index in [4.69, 9.17) is 35.3 Å². The van der Waals surface area contributed by atoms with E-state index in [0.29, 0.717) is 0 Å². The van der Waals surface area contributed by atoms with Gasteiger partial charge in [0.1, 0.15) is 5.60 Å². The number of halogens is 2. The Hall–Kier alpha value is -3.88. The molecule has 1 aromatic carbocycles. The quantitative estimate of drug-likeness (QED) is 0.104. The molecule has 15 heteroatoms. The molecule has 0 N–H and O–H groups in total. The van der Waals surface area contributed by atoms with Crippen LogP contribution in [0, 0.1) is 0 Å². The molecular formula is C29H37ClFN5O8. The largest absolute Gasteiger partial charge is 0.464 e. The topological polar surface area (TPSA) is 144 Å². The number of methoxy groups -OCH3 is 1. The van der Waals surface area contributed by atoms with Gasteiger partial charge in [-0.05, 0) is 51.8 Å². The second-order valence-electron chi connectivity index (χ2n) is 10.4. The molecule has 0 aliphatic heterocycles. The number of aromatic nitrogens is 4. The fraction of sp³-hybridized carbons (Fsp3) is 0.517. The lowest BCUT2D eigenvalue weighted by Crippen LogP contribution is -2.38. The van der Waals surface area contributed by atoms with Crippen LogP contribution in [0.25, 0.3) is 11.2 Å². The molecule has 13 nitrogen and oxygen atoms in total. The van der Waals surface area contributed by atoms with E-state index in [1.807, 2.05) is 30.3 Å². The monoisotopic (exact) mass is 637 g/mol. The van der Waals surface area contributed by atoms with Crippen LogP contribution in [-0.4, -0.2) is 82.3 Å². The van der Waals surface area contributed by atoms with Crippen LogP contribution in [0.3, 0.4) is 0 Å². The third-order valence-corrected chi connectivity index (χ3v) is 6.14. The van der Waals surface area contributed by atoms with Crippen molar-refractivity contribution in [2.45, 2.75) is 71.7 Å². The van der Waals surface area contributed by atoms with Crippen LogP contribution >= 0.6 is 11.6 Å². The van der Waals surface area contributed by atoms with E-state index in [-0.39, 0.29) is 55.1 Å². The molecule has 0 fully saturated rings. The molecule has 44 heavy (non-hydrogen) atoms. The summed E-state index contributed by atoms with van der Waals surface area (Å²) in [5.74, 6) is -1.83. The van der Waals surface area contributed by atoms with Crippen molar-refractivity contribution >= 4 is 46.6 Å². The number of rotatable bonds is 14. The van der Waals surface area contributed by atoms with Crippen LogP contribution < -0.4 is 4.90 Å². The first-order valence-corrected chi connectivity index (χ1v) is 14.3. The van der Waals surface area contributed by atoms with Crippen molar-refractivity contribution in [2.75, 3.05) is 31.8 Å². The number of carbonyl (C=O) groups is 3. The smallest absolute Gasteiger partial charge is 0.416 e. The highest BCUT2D eigenvalue weighted by Crippen LogP contribution is 2.30. The van der Waals surface area contributed by atoms with E-state index in [9.17, 15) is 14.4 Å². The molecule has 0 aliphatic carbocycles. The van der Waals surface area contributed by atoms with Gasteiger partial charge >= 0.3 is 18.0 Å². The van der Waals surface area contributed by atoms with Gasteiger partial charge in [0.2, 0.25) is 5.28 Å². The second-order valence-corrected chi connectivity index (χ2v) is 10.8. The predicted octanol–water partition coefficient (Wildman–Crippen LogP) is 4.81. The van der Waals surface area contributed by atoms with Crippen LogP contribution in [0.4, 0.5) is 15.0 Å². The summed E-state index contributed by atoms with van der Waals surface area (Å²) >= 11 is 6.27. The molecular weight excluding hydrogens is 601 g/mol. The lowest BCUT2D eigenvalue weighted by Gasteiger charge is -2.27. The number of amides is 1. The minimum atomic E-state index is -1.78. The van der Waals surface area contributed by atoms with Gasteiger partial charge in [-0.2, -0.15) is 9.97 Å². The fourth-order valence-electron chi connectivity index (χ4n) is 4.01. The van der Waals surface area contributed by atoms with Gasteiger partial charge in [0.15, 0.2) is 23.3 Å². The third-order valence-electron chi connectivity index (χ3n) is 5.97. The van der Waals surface area contributed by atoms with Crippen molar-refractivity contribution in [3.8, 4) is 0 Å². The third kappa shape index (κ3) is 9.31. The number of nitrogens with zero attached hydrogens (tertiary/aromatic N) is 5. The summed E-state index contributed by atoms with van der Waals surface area (Å²) in [6.07, 6.45) is -4.15. The van der Waals surface area contributed by atoms with Crippen molar-refractivity contribution in [2.24, 2.45) is 0 Å². The maximum atomic E-state index is 15.8. The molecule has 3 aromatic rings. The molecule has 2 heterocycles. The van der Waals surface area contributed by atoms with E-state index in [0.717, 1.165) is 10.1 Å². The van der Waals surface area contributed by atoms with Gasteiger partial charge in [-0.15, -0.1) is 0 Å². The Morgan fingerprint density at radius 1 is 1.05 bits per heavy atom. The molecule has 0 saturated heterocycles. The normalized spacial score (nSPS) is 13.0. The highest BCUT2D eigenvalue weighted by Gasteiger charge is 2.33. The van der Waals surface area contributed by atoms with Gasteiger partial charge in [0, 0.05) is 13.5 Å². The summed E-state index contributed by atoms with van der Waals surface area (Å²) in [7, 11) is 1.33. The van der Waals surface area contributed by atoms with Crippen molar-refractivity contribution in [3.05, 3.63) is 47.5 Å². The first-order valence-electron chi connectivity index (χ1n) is 13.9. The first kappa shape index (κ1) is 34.6. The van der Waals surface area contributed by atoms with E-state index in [1.165, 1.54) is 18.3 Å². The van der Waals surface area contributed by atoms with E-state index in [1.54, 1.807) is 34.6 Å². The summed E-state index contributed by atoms with van der Waals surface area (Å²) < 4.78 is 43.1. The number of benzene rings is 1. The van der Waals surface area contributed by atoms with E-state index in [2.05, 4.69) is 15.0 Å². The SMILES string of the molecule is CCOC(=O)C(OCC(CC(F)n1cnc2c(N(Cc3ccccc3)C(=O)OC(C)(C)C)nc(Cl)nc21)OC)C(=O)OCC. The van der Waals surface area contributed by atoms with E-state index < -0.39 is 42.1 Å². The Morgan fingerprint density at radius 2 is 1.68 bits per heavy atom. The minimum absolute atomic E-state index is 0.0146. The zero-order chi connectivity index (χ0) is 32.4. The van der Waals surface area contributed by atoms with Gasteiger partial charge in [-0.1, -0.05) is 30.3 Å². The Morgan fingerprint density at radius 3 is 2.25 bits per heavy atom. The molecule has 2 atom stereocenters. The lowest BCUT2D eigenvalue weighted by molar-refractivity contribution is -0.175. The van der Waals surface area contributed by atoms with Crippen molar-refractivity contribution in [1.29, 1.82) is 0 Å². The average Bonchev–Trinajstić information content (AvgIpc) is 3.38. The van der Waals surface area contributed by atoms with Gasteiger partial charge in [0.25, 0.3) is 6.10 Å². The molecule has 2 aromatic heterocycles. The van der Waals surface area contributed by atoms with E-state index >= 15 is 4.39 Å². The summed E-state index contributed by atoms with van der Waals surface area (Å²) in [5.41, 5.74) is 0.0767. The highest BCUT2D eigenvalue weighted by atomic mass is 35.5. The fourth-order valence-corrected chi connectivity index (χ4v) is 4.17. The Balaban J connectivity index is 1.89. The molecule has 0 aliphatic rings. The minimum Gasteiger partial charge on any atom is -0.464 e. The number of alkyl halides is 1. The van der Waals surface area contributed by atoms with Crippen LogP contribution in [0.15, 0.2) is 36.7 Å². The maximum Gasteiger partial charge on any atom is 0.416 e. The number of carbonyl (C=O) groups excluding carboxylic acids is 3. The van der Waals surface area contributed by atoms with Crippen molar-refractivity contribution < 1.29 is 42.5 Å². The number of hydrogen-bond acceptors (Lipinski definition) is 11. The maximum absolute atomic E-state index is 15.8. The molecule has 240 valence electrons. The molecule has 0 spiro atoms. The number of esters is 2. The lowest BCUT2D eigenvalue weighted by atomic mass is 10.2. The Kier molecular flexibility index (Phi) is 12.4. The standard InChI is InChI=1S/C29H37ClFN5O8/c1-7-41-25(37)22(26(38)42-8-2)43-16-19(40-6)14-20(31)36-17-32-21-23(33-27(30)34-24(21)36)35(28(39)44-29(3,4)5)15-18-12-10-9-11-13-18/h9-13,17,19-20,22H,7-8,14-16H2,1-6H3. The molecule has 1 amide bonds. The molecule has 0 bridgehead atoms. The zero-order valence-electron chi connectivity index (χ0n) is 25.5. The summed E-state index contributed by atoms with van der Waals surface area (Å²) in [5, 5.41) is -0.249. The van der Waals surface area contributed by atoms with Gasteiger partial charge < -0.3 is 23.7 Å². The van der Waals surface area contributed by atoms with Gasteiger partial charge in [-0.25, -0.2) is 23.8 Å². The number of imidazole rings is 1. The van der Waals surface area contributed by atoms with Gasteiger partial charge in [0.05, 0.1) is 38.8 Å². The number of ether oxygens (including phenoxy) is 5. The van der Waals surface area contributed by atoms with Crippen LogP contribution in [0.2, 0.25) is 5.28 Å². The predicted molar refractivity (Wildman–Crippen MR) is 158 cm³/mol. The van der Waals surface area contributed by atoms with Crippen molar-refractivity contribution in [3.63, 3.8) is 0 Å². The second kappa shape index (κ2) is 15.7. The van der Waals surface area contributed by atoms with Crippen LogP contribution in [0.1, 0.15) is 52.9 Å². The molecule has 0 radical (unpaired) electrons. The number of anilines is 1. The molecule has 2 unspecified atom stereocenters. The Labute approximate surface area is 259 Å². The number of hydrogen-bond donors (Lipinski definition) is 0. The number of fused-ring (bicyclic) bond motifs is 1. The molecule has 3 rings (SSSR count). The summed E-state index contributed by atoms with van der Waals surface area (Å²) in [6, 6.07) is 9.15. The summed E-state index contributed by atoms with van der Waals surface area (Å²) in [4.78, 5) is 51.8. The molecule has 0 saturated carbocycles. The van der Waals surface area contributed by atoms with Crippen molar-refractivity contribution in [1.82, 2.24) is 19.5 Å². The highest BCUT2D eigenvalue weighted by molar-refractivity contribution is 6.28. The van der Waals surface area contributed by atoms with Gasteiger partial charge in [-0.3, -0.25) is 9.47 Å². The Bertz CT molecular complexity index is 1400. The van der Waals surface area contributed by atoms with Crippen LogP contribution in [0.5, 0.6) is 0 Å². The zero-order valence-corrected chi connectivity index (χ0v) is 26.2. The average molecular weight is 638 g/mol. The first-order chi connectivity index (χ1) is 20.9. The summed E-state index contributed by atoms with van der Waals surface area (Å²) in [6.45, 7) is 8.13. The van der Waals surface area contributed by atoms with Crippen LogP contribution in [-0.2, 0) is 39.8 Å².